The molecule has 4 aromatic rings. The zero-order valence-electron chi connectivity index (χ0n) is 18.0. The summed E-state index contributed by atoms with van der Waals surface area (Å²) in [6.45, 7) is 0.755. The van der Waals surface area contributed by atoms with Crippen molar-refractivity contribution in [2.75, 3.05) is 12.4 Å². The Labute approximate surface area is 193 Å². The number of hydrogen-bond donors (Lipinski definition) is 0. The van der Waals surface area contributed by atoms with Gasteiger partial charge in [-0.1, -0.05) is 78.6 Å². The largest absolute Gasteiger partial charge is 0.353 e. The summed E-state index contributed by atoms with van der Waals surface area (Å²) in [6, 6.07) is 29.7. The van der Waals surface area contributed by atoms with Crippen LogP contribution in [0.4, 0.5) is 0 Å². The molecule has 2 atom stereocenters. The first kappa shape index (κ1) is 21.1. The predicted molar refractivity (Wildman–Crippen MR) is 134 cm³/mol. The van der Waals surface area contributed by atoms with Gasteiger partial charge in [0.2, 0.25) is 0 Å². The van der Waals surface area contributed by atoms with Crippen molar-refractivity contribution in [1.82, 2.24) is 0 Å². The number of benzene rings is 4. The number of fused-ring (bicyclic) bond motifs is 2. The third-order valence-electron chi connectivity index (χ3n) is 5.79. The van der Waals surface area contributed by atoms with Gasteiger partial charge in [0, 0.05) is 17.1 Å². The van der Waals surface area contributed by atoms with Gasteiger partial charge in [-0.3, -0.25) is 0 Å². The Balaban J connectivity index is 1.53. The molecule has 2 unspecified atom stereocenters. The lowest BCUT2D eigenvalue weighted by Gasteiger charge is -2.27. The van der Waals surface area contributed by atoms with Crippen molar-refractivity contribution in [3.05, 3.63) is 90.5 Å². The van der Waals surface area contributed by atoms with Crippen LogP contribution in [0, 0.1) is 11.8 Å². The standard InChI is InChI=1S/C29H26O2S/c1-2-13-24(14-3-1)32-20-10-17-27(31-28-18-8-9-19-30-28)29-25-15-6-4-11-22(25)21-23-12-5-7-16-26(23)29/h1-7,11-16,21,27-28H,8-9,18-20H2. The van der Waals surface area contributed by atoms with Gasteiger partial charge < -0.3 is 9.47 Å². The molecule has 2 nitrogen and oxygen atoms in total. The molecule has 1 heterocycles. The van der Waals surface area contributed by atoms with Crippen LogP contribution in [0.1, 0.15) is 30.9 Å². The molecule has 4 aromatic carbocycles. The Bertz CT molecular complexity index is 1200. The van der Waals surface area contributed by atoms with Gasteiger partial charge in [0.1, 0.15) is 6.10 Å². The summed E-state index contributed by atoms with van der Waals surface area (Å²) in [6.07, 6.45) is 2.60. The van der Waals surface area contributed by atoms with E-state index in [0.717, 1.165) is 37.2 Å². The summed E-state index contributed by atoms with van der Waals surface area (Å²) in [5.41, 5.74) is 1.14. The smallest absolute Gasteiger partial charge is 0.159 e. The Morgan fingerprint density at radius 3 is 2.25 bits per heavy atom. The lowest BCUT2D eigenvalue weighted by molar-refractivity contribution is -0.177. The molecule has 1 saturated heterocycles. The first-order chi connectivity index (χ1) is 15.9. The Kier molecular flexibility index (Phi) is 6.75. The molecule has 32 heavy (non-hydrogen) atoms. The molecule has 0 aromatic heterocycles. The van der Waals surface area contributed by atoms with Crippen LogP contribution in [0.2, 0.25) is 0 Å². The highest BCUT2D eigenvalue weighted by molar-refractivity contribution is 7.99. The molecule has 0 amide bonds. The topological polar surface area (TPSA) is 18.5 Å². The van der Waals surface area contributed by atoms with Crippen LogP contribution in [0.3, 0.4) is 0 Å². The summed E-state index contributed by atoms with van der Waals surface area (Å²) in [5.74, 6) is 7.57. The van der Waals surface area contributed by atoms with Crippen molar-refractivity contribution in [2.24, 2.45) is 0 Å². The Morgan fingerprint density at radius 1 is 0.875 bits per heavy atom. The third-order valence-corrected chi connectivity index (χ3v) is 6.68. The van der Waals surface area contributed by atoms with Gasteiger partial charge in [-0.15, -0.1) is 11.8 Å². The molecule has 0 N–H and O–H groups in total. The van der Waals surface area contributed by atoms with Crippen LogP contribution >= 0.6 is 11.8 Å². The minimum Gasteiger partial charge on any atom is -0.353 e. The second kappa shape index (κ2) is 10.2. The predicted octanol–water partition coefficient (Wildman–Crippen LogP) is 7.37. The van der Waals surface area contributed by atoms with Crippen molar-refractivity contribution in [3.63, 3.8) is 0 Å². The fourth-order valence-electron chi connectivity index (χ4n) is 4.25. The minimum atomic E-state index is -0.342. The lowest BCUT2D eigenvalue weighted by Crippen LogP contribution is -2.24. The van der Waals surface area contributed by atoms with Gasteiger partial charge in [0.05, 0.1) is 5.75 Å². The molecule has 5 rings (SSSR count). The highest BCUT2D eigenvalue weighted by Gasteiger charge is 2.23. The molecule has 1 aliphatic heterocycles. The molecule has 3 heteroatoms. The Hall–Kier alpha value is -2.77. The van der Waals surface area contributed by atoms with Crippen molar-refractivity contribution in [3.8, 4) is 11.8 Å². The van der Waals surface area contributed by atoms with Crippen LogP contribution in [-0.4, -0.2) is 18.6 Å². The zero-order valence-corrected chi connectivity index (χ0v) is 18.8. The first-order valence-corrected chi connectivity index (χ1v) is 12.2. The maximum atomic E-state index is 6.54. The van der Waals surface area contributed by atoms with Gasteiger partial charge in [-0.2, -0.15) is 0 Å². The second-order valence-corrected chi connectivity index (χ2v) is 9.02. The average molecular weight is 439 g/mol. The van der Waals surface area contributed by atoms with Crippen LogP contribution in [0.15, 0.2) is 89.8 Å². The van der Waals surface area contributed by atoms with Crippen LogP contribution in [0.25, 0.3) is 21.5 Å². The normalized spacial score (nSPS) is 17.1. The van der Waals surface area contributed by atoms with Crippen LogP contribution in [0.5, 0.6) is 0 Å². The van der Waals surface area contributed by atoms with Crippen LogP contribution in [-0.2, 0) is 9.47 Å². The number of rotatable bonds is 5. The summed E-state index contributed by atoms with van der Waals surface area (Å²) in [5, 5.41) is 4.80. The van der Waals surface area contributed by atoms with E-state index in [9.17, 15) is 0 Å². The molecule has 0 bridgehead atoms. The van der Waals surface area contributed by atoms with Crippen molar-refractivity contribution in [1.29, 1.82) is 0 Å². The summed E-state index contributed by atoms with van der Waals surface area (Å²) in [7, 11) is 0. The van der Waals surface area contributed by atoms with E-state index in [0.29, 0.717) is 0 Å². The Morgan fingerprint density at radius 2 is 1.56 bits per heavy atom. The molecule has 0 saturated carbocycles. The third kappa shape index (κ3) is 4.84. The fourth-order valence-corrected chi connectivity index (χ4v) is 4.92. The lowest BCUT2D eigenvalue weighted by atomic mass is 9.93. The summed E-state index contributed by atoms with van der Waals surface area (Å²) >= 11 is 1.75. The van der Waals surface area contributed by atoms with E-state index in [-0.39, 0.29) is 12.4 Å². The van der Waals surface area contributed by atoms with Crippen molar-refractivity contribution < 1.29 is 9.47 Å². The SMILES string of the molecule is C(#CC(OC1CCCCO1)c1c2ccccc2cc2ccccc12)CSc1ccccc1. The molecular formula is C29H26O2S. The van der Waals surface area contributed by atoms with E-state index in [1.54, 1.807) is 11.8 Å². The second-order valence-electron chi connectivity index (χ2n) is 7.97. The van der Waals surface area contributed by atoms with E-state index in [4.69, 9.17) is 9.47 Å². The van der Waals surface area contributed by atoms with Crippen LogP contribution < -0.4 is 0 Å². The monoisotopic (exact) mass is 438 g/mol. The average Bonchev–Trinajstić information content (AvgIpc) is 2.86. The maximum Gasteiger partial charge on any atom is 0.159 e. The quantitative estimate of drug-likeness (QED) is 0.184. The molecular weight excluding hydrogens is 412 g/mol. The number of hydrogen-bond acceptors (Lipinski definition) is 3. The fraction of sp³-hybridized carbons (Fsp3) is 0.241. The molecule has 160 valence electrons. The van der Waals surface area contributed by atoms with Gasteiger partial charge >= 0.3 is 0 Å². The van der Waals surface area contributed by atoms with E-state index >= 15 is 0 Å². The number of ether oxygens (including phenoxy) is 2. The van der Waals surface area contributed by atoms with Gasteiger partial charge in [0.25, 0.3) is 0 Å². The highest BCUT2D eigenvalue weighted by atomic mass is 32.2. The van der Waals surface area contributed by atoms with E-state index in [2.05, 4.69) is 90.7 Å². The molecule has 0 radical (unpaired) electrons. The highest BCUT2D eigenvalue weighted by Crippen LogP contribution is 2.35. The molecule has 0 aliphatic carbocycles. The van der Waals surface area contributed by atoms with Gasteiger partial charge in [0.15, 0.2) is 6.29 Å². The maximum absolute atomic E-state index is 6.54. The van der Waals surface area contributed by atoms with E-state index in [1.807, 2.05) is 6.07 Å². The first-order valence-electron chi connectivity index (χ1n) is 11.2. The molecule has 1 aliphatic rings. The van der Waals surface area contributed by atoms with Gasteiger partial charge in [-0.05, 0) is 59.0 Å². The van der Waals surface area contributed by atoms with Crippen molar-refractivity contribution >= 4 is 33.3 Å². The zero-order chi connectivity index (χ0) is 21.6. The molecule has 0 spiro atoms. The van der Waals surface area contributed by atoms with Gasteiger partial charge in [-0.25, -0.2) is 0 Å². The van der Waals surface area contributed by atoms with E-state index < -0.39 is 0 Å². The number of thioether (sulfide) groups is 1. The summed E-state index contributed by atoms with van der Waals surface area (Å²) < 4.78 is 12.5. The van der Waals surface area contributed by atoms with Crippen molar-refractivity contribution in [2.45, 2.75) is 36.6 Å². The minimum absolute atomic E-state index is 0.206. The van der Waals surface area contributed by atoms with E-state index in [1.165, 1.54) is 26.4 Å². The molecule has 1 fully saturated rings. The summed E-state index contributed by atoms with van der Waals surface area (Å²) in [4.78, 5) is 1.23.